The number of hydrogen-bond acceptors (Lipinski definition) is 2. The number of sulfonamides is 1. The highest BCUT2D eigenvalue weighted by Gasteiger charge is 2.22. The van der Waals surface area contributed by atoms with E-state index in [-0.39, 0.29) is 4.90 Å². The number of unbranched alkanes of at least 4 members (excludes halogenated alkanes) is 9. The number of halogens is 4. The molecule has 0 aliphatic rings. The van der Waals surface area contributed by atoms with Crippen molar-refractivity contribution in [1.82, 2.24) is 4.72 Å². The zero-order valence-electron chi connectivity index (χ0n) is 15.1. The van der Waals surface area contributed by atoms with Gasteiger partial charge in [0.2, 0.25) is 10.0 Å². The minimum atomic E-state index is -3.54. The van der Waals surface area contributed by atoms with Crippen molar-refractivity contribution in [1.29, 1.82) is 0 Å². The van der Waals surface area contributed by atoms with Gasteiger partial charge in [-0.15, -0.1) is 0 Å². The van der Waals surface area contributed by atoms with E-state index in [9.17, 15) is 8.42 Å². The highest BCUT2D eigenvalue weighted by molar-refractivity contribution is 9.15. The molecule has 150 valence electrons. The predicted molar refractivity (Wildman–Crippen MR) is 124 cm³/mol. The van der Waals surface area contributed by atoms with E-state index in [1.807, 2.05) is 0 Å². The Bertz CT molecular complexity index is 666. The van der Waals surface area contributed by atoms with Crippen LogP contribution in [0.2, 0.25) is 0 Å². The Kier molecular flexibility index (Phi) is 12.8. The molecule has 0 aliphatic carbocycles. The van der Waals surface area contributed by atoms with E-state index in [1.165, 1.54) is 51.4 Å². The minimum Gasteiger partial charge on any atom is -0.211 e. The van der Waals surface area contributed by atoms with E-state index in [0.717, 1.165) is 17.3 Å². The first-order valence-corrected chi connectivity index (χ1v) is 13.8. The van der Waals surface area contributed by atoms with Crippen LogP contribution in [0.25, 0.3) is 0 Å². The highest BCUT2D eigenvalue weighted by atomic mass is 79.9. The molecule has 0 saturated heterocycles. The summed E-state index contributed by atoms with van der Waals surface area (Å²) in [5, 5.41) is 0. The average molecular weight is 641 g/mol. The van der Waals surface area contributed by atoms with Crippen molar-refractivity contribution in [3.8, 4) is 0 Å². The molecule has 0 radical (unpaired) electrons. The van der Waals surface area contributed by atoms with E-state index < -0.39 is 10.0 Å². The van der Waals surface area contributed by atoms with Crippen molar-refractivity contribution in [2.24, 2.45) is 0 Å². The van der Waals surface area contributed by atoms with Crippen molar-refractivity contribution in [2.45, 2.75) is 76.0 Å². The van der Waals surface area contributed by atoms with Crippen molar-refractivity contribution in [3.63, 3.8) is 0 Å². The summed E-state index contributed by atoms with van der Waals surface area (Å²) in [6, 6.07) is 1.60. The first kappa shape index (κ1) is 25.1. The Balaban J connectivity index is 2.31. The van der Waals surface area contributed by atoms with Gasteiger partial charge in [0, 0.05) is 20.0 Å². The Labute approximate surface area is 192 Å². The fraction of sp³-hybridized carbons (Fsp3) is 0.667. The second kappa shape index (κ2) is 13.3. The summed E-state index contributed by atoms with van der Waals surface area (Å²) in [4.78, 5) is 0.228. The maximum absolute atomic E-state index is 12.5. The van der Waals surface area contributed by atoms with Gasteiger partial charge in [-0.25, -0.2) is 13.1 Å². The molecule has 1 rings (SSSR count). The summed E-state index contributed by atoms with van der Waals surface area (Å²) >= 11 is 13.5. The van der Waals surface area contributed by atoms with E-state index in [4.69, 9.17) is 0 Å². The fourth-order valence-electron chi connectivity index (χ4n) is 2.64. The van der Waals surface area contributed by atoms with Crippen LogP contribution < -0.4 is 4.72 Å². The van der Waals surface area contributed by atoms with Gasteiger partial charge < -0.3 is 0 Å². The first-order chi connectivity index (χ1) is 12.3. The lowest BCUT2D eigenvalue weighted by atomic mass is 10.1. The van der Waals surface area contributed by atoms with Gasteiger partial charge in [0.1, 0.15) is 0 Å². The Hall–Kier alpha value is 1.05. The van der Waals surface area contributed by atoms with Crippen LogP contribution in [0.1, 0.15) is 71.1 Å². The van der Waals surface area contributed by atoms with Crippen LogP contribution in [0, 0.1) is 0 Å². The molecular weight excluding hydrogens is 614 g/mol. The highest BCUT2D eigenvalue weighted by Crippen LogP contribution is 2.40. The first-order valence-electron chi connectivity index (χ1n) is 9.14. The Morgan fingerprint density at radius 1 is 0.769 bits per heavy atom. The second-order valence-electron chi connectivity index (χ2n) is 6.38. The molecular formula is C18H27Br4NO2S. The molecule has 1 aromatic rings. The molecule has 1 aromatic carbocycles. The van der Waals surface area contributed by atoms with Crippen LogP contribution in [0.4, 0.5) is 0 Å². The molecule has 0 fully saturated rings. The lowest BCUT2D eigenvalue weighted by Gasteiger charge is -2.12. The zero-order chi connectivity index (χ0) is 19.6. The number of benzene rings is 1. The smallest absolute Gasteiger partial charge is 0.211 e. The zero-order valence-corrected chi connectivity index (χ0v) is 22.3. The molecule has 0 saturated carbocycles. The summed E-state index contributed by atoms with van der Waals surface area (Å²) in [7, 11) is -3.54. The van der Waals surface area contributed by atoms with E-state index >= 15 is 0 Å². The average Bonchev–Trinajstić information content (AvgIpc) is 2.60. The van der Waals surface area contributed by atoms with E-state index in [0.29, 0.717) is 20.0 Å². The molecule has 0 aromatic heterocycles. The van der Waals surface area contributed by atoms with Crippen LogP contribution in [-0.4, -0.2) is 15.0 Å². The van der Waals surface area contributed by atoms with Gasteiger partial charge in [-0.2, -0.15) is 0 Å². The van der Waals surface area contributed by atoms with Crippen molar-refractivity contribution in [3.05, 3.63) is 24.0 Å². The monoisotopic (exact) mass is 637 g/mol. The summed E-state index contributed by atoms with van der Waals surface area (Å²) in [5.74, 6) is 0. The topological polar surface area (TPSA) is 46.2 Å². The molecule has 0 bridgehead atoms. The molecule has 3 nitrogen and oxygen atoms in total. The molecule has 1 N–H and O–H groups in total. The molecule has 0 unspecified atom stereocenters. The fourth-order valence-corrected chi connectivity index (χ4v) is 6.76. The molecule has 0 spiro atoms. The molecule has 0 atom stereocenters. The third-order valence-corrected chi connectivity index (χ3v) is 10.6. The quantitative estimate of drug-likeness (QED) is 0.135. The van der Waals surface area contributed by atoms with Gasteiger partial charge >= 0.3 is 0 Å². The maximum Gasteiger partial charge on any atom is 0.241 e. The van der Waals surface area contributed by atoms with Gasteiger partial charge in [-0.1, -0.05) is 64.7 Å². The lowest BCUT2D eigenvalue weighted by molar-refractivity contribution is 0.548. The molecule has 0 amide bonds. The Morgan fingerprint density at radius 3 is 1.81 bits per heavy atom. The van der Waals surface area contributed by atoms with E-state index in [1.54, 1.807) is 6.07 Å². The second-order valence-corrected chi connectivity index (χ2v) is 11.3. The third-order valence-electron chi connectivity index (χ3n) is 4.18. The van der Waals surface area contributed by atoms with Gasteiger partial charge in [-0.3, -0.25) is 0 Å². The third kappa shape index (κ3) is 8.60. The standard InChI is InChI=1S/C18H27Br4NO2S/c1-2-3-4-5-6-7-8-9-10-11-12-23-26(24,25)15-13-14(19)16(20)18(22)17(15)21/h13,23H,2-12H2,1H3. The van der Waals surface area contributed by atoms with Crippen molar-refractivity contribution >= 4 is 73.7 Å². The van der Waals surface area contributed by atoms with Crippen LogP contribution in [0.3, 0.4) is 0 Å². The van der Waals surface area contributed by atoms with Gasteiger partial charge in [-0.05, 0) is 76.2 Å². The summed E-state index contributed by atoms with van der Waals surface area (Å²) < 4.78 is 30.4. The lowest BCUT2D eigenvalue weighted by Crippen LogP contribution is -2.25. The van der Waals surface area contributed by atoms with Gasteiger partial charge in [0.25, 0.3) is 0 Å². The van der Waals surface area contributed by atoms with Crippen LogP contribution in [-0.2, 0) is 10.0 Å². The Morgan fingerprint density at radius 2 is 1.27 bits per heavy atom. The van der Waals surface area contributed by atoms with Crippen molar-refractivity contribution < 1.29 is 8.42 Å². The SMILES string of the molecule is CCCCCCCCCCCCNS(=O)(=O)c1cc(Br)c(Br)c(Br)c1Br. The summed E-state index contributed by atoms with van der Waals surface area (Å²) in [5.41, 5.74) is 0. The number of nitrogens with one attached hydrogen (secondary N) is 1. The van der Waals surface area contributed by atoms with Crippen LogP contribution >= 0.6 is 63.7 Å². The molecule has 0 aliphatic heterocycles. The van der Waals surface area contributed by atoms with Crippen LogP contribution in [0.5, 0.6) is 0 Å². The van der Waals surface area contributed by atoms with Crippen molar-refractivity contribution in [2.75, 3.05) is 6.54 Å². The maximum atomic E-state index is 12.5. The normalized spacial score (nSPS) is 11.9. The summed E-state index contributed by atoms with van der Waals surface area (Å²) in [6.07, 6.45) is 12.3. The molecule has 26 heavy (non-hydrogen) atoms. The minimum absolute atomic E-state index is 0.228. The van der Waals surface area contributed by atoms with Gasteiger partial charge in [0.05, 0.1) is 9.37 Å². The van der Waals surface area contributed by atoms with Gasteiger partial charge in [0.15, 0.2) is 0 Å². The summed E-state index contributed by atoms with van der Waals surface area (Å²) in [6.45, 7) is 2.71. The molecule has 8 heteroatoms. The molecule has 0 heterocycles. The predicted octanol–water partition coefficient (Wildman–Crippen LogP) is 7.94. The number of hydrogen-bond donors (Lipinski definition) is 1. The number of rotatable bonds is 13. The largest absolute Gasteiger partial charge is 0.241 e. The van der Waals surface area contributed by atoms with E-state index in [2.05, 4.69) is 75.4 Å². The van der Waals surface area contributed by atoms with Crippen LogP contribution in [0.15, 0.2) is 28.9 Å².